The van der Waals surface area contributed by atoms with Gasteiger partial charge in [-0.05, 0) is 40.8 Å². The minimum atomic E-state index is -3.76. The normalized spacial score (nSPS) is 20.5. The number of carbonyl (C=O) groups is 1. The smallest absolute Gasteiger partial charge is 0.237 e. The van der Waals surface area contributed by atoms with Gasteiger partial charge in [-0.1, -0.05) is 0 Å². The molecule has 18 heavy (non-hydrogen) atoms. The first-order valence-electron chi connectivity index (χ1n) is 4.98. The zero-order valence-electron chi connectivity index (χ0n) is 8.94. The van der Waals surface area contributed by atoms with Crippen molar-refractivity contribution >= 4 is 53.9 Å². The topological polar surface area (TPSA) is 54.5 Å². The van der Waals surface area contributed by atoms with Crippen LogP contribution >= 0.6 is 33.3 Å². The van der Waals surface area contributed by atoms with Crippen molar-refractivity contribution in [3.05, 3.63) is 27.6 Å². The summed E-state index contributed by atoms with van der Waals surface area (Å²) in [5.41, 5.74) is 0.504. The van der Waals surface area contributed by atoms with E-state index in [1.54, 1.807) is 0 Å². The van der Waals surface area contributed by atoms with E-state index in [2.05, 4.69) is 0 Å². The molecule has 1 saturated heterocycles. The fourth-order valence-electron chi connectivity index (χ4n) is 1.80. The summed E-state index contributed by atoms with van der Waals surface area (Å²) in [7, 11) is 1.49. The van der Waals surface area contributed by atoms with Gasteiger partial charge in [0.2, 0.25) is 15.0 Å². The first-order valence-corrected chi connectivity index (χ1v) is 8.43. The molecule has 1 atom stereocenters. The number of hydrogen-bond acceptors (Lipinski definition) is 3. The predicted molar refractivity (Wildman–Crippen MR) is 74.6 cm³/mol. The first kappa shape index (κ1) is 14.0. The van der Waals surface area contributed by atoms with E-state index in [0.29, 0.717) is 9.26 Å². The molecule has 1 unspecified atom stereocenters. The van der Waals surface area contributed by atoms with Crippen LogP contribution in [0.1, 0.15) is 6.42 Å². The summed E-state index contributed by atoms with van der Waals surface area (Å²) in [5.74, 6) is -0.731. The number of hydrogen-bond donors (Lipinski definition) is 0. The lowest BCUT2D eigenvalue weighted by molar-refractivity contribution is -0.117. The summed E-state index contributed by atoms with van der Waals surface area (Å²) in [6.45, 7) is 0.00625. The SMILES string of the molecule is O=C1CC(S(=O)(=O)Cl)CN1c1ccc(F)cc1I. The summed E-state index contributed by atoms with van der Waals surface area (Å²) >= 11 is 1.90. The molecule has 0 N–H and O–H groups in total. The summed E-state index contributed by atoms with van der Waals surface area (Å²) in [4.78, 5) is 13.1. The lowest BCUT2D eigenvalue weighted by Crippen LogP contribution is -2.27. The Labute approximate surface area is 122 Å². The van der Waals surface area contributed by atoms with Gasteiger partial charge in [0.1, 0.15) is 11.1 Å². The fourth-order valence-corrected chi connectivity index (χ4v) is 3.59. The molecule has 98 valence electrons. The molecule has 0 saturated carbocycles. The molecular weight excluding hydrogens is 396 g/mol. The van der Waals surface area contributed by atoms with Crippen molar-refractivity contribution in [3.63, 3.8) is 0 Å². The van der Waals surface area contributed by atoms with Crippen molar-refractivity contribution in [1.29, 1.82) is 0 Å². The van der Waals surface area contributed by atoms with Crippen LogP contribution in [0.3, 0.4) is 0 Å². The van der Waals surface area contributed by atoms with Crippen LogP contribution in [0, 0.1) is 9.39 Å². The Morgan fingerprint density at radius 3 is 2.61 bits per heavy atom. The average Bonchev–Trinajstić information content (AvgIpc) is 2.60. The molecule has 0 aliphatic carbocycles. The number of benzene rings is 1. The lowest BCUT2D eigenvalue weighted by atomic mass is 10.3. The Hall–Kier alpha value is -0.410. The van der Waals surface area contributed by atoms with Gasteiger partial charge in [-0.2, -0.15) is 0 Å². The summed E-state index contributed by atoms with van der Waals surface area (Å²) in [5, 5.41) is -0.910. The number of anilines is 1. The van der Waals surface area contributed by atoms with Crippen molar-refractivity contribution in [2.45, 2.75) is 11.7 Å². The zero-order chi connectivity index (χ0) is 13.5. The van der Waals surface area contributed by atoms with Crippen LogP contribution in [0.4, 0.5) is 10.1 Å². The standard InChI is InChI=1S/C10H8ClFINO3S/c11-18(16,17)7-4-10(15)14(5-7)9-2-1-6(12)3-8(9)13/h1-3,7H,4-5H2. The van der Waals surface area contributed by atoms with E-state index < -0.39 is 20.1 Å². The lowest BCUT2D eigenvalue weighted by Gasteiger charge is -2.17. The molecule has 1 fully saturated rings. The Kier molecular flexibility index (Phi) is 3.84. The van der Waals surface area contributed by atoms with Crippen molar-refractivity contribution in [2.24, 2.45) is 0 Å². The number of carbonyl (C=O) groups excluding carboxylic acids is 1. The predicted octanol–water partition coefficient (Wildman–Crippen LogP) is 2.10. The molecule has 1 aliphatic rings. The highest BCUT2D eigenvalue weighted by atomic mass is 127. The van der Waals surface area contributed by atoms with Crippen LogP contribution < -0.4 is 4.90 Å². The van der Waals surface area contributed by atoms with E-state index in [9.17, 15) is 17.6 Å². The van der Waals surface area contributed by atoms with Gasteiger partial charge in [-0.25, -0.2) is 12.8 Å². The summed E-state index contributed by atoms with van der Waals surface area (Å²) in [6.07, 6.45) is -0.140. The van der Waals surface area contributed by atoms with Gasteiger partial charge in [0, 0.05) is 27.2 Å². The van der Waals surface area contributed by atoms with Gasteiger partial charge in [-0.3, -0.25) is 4.79 Å². The molecule has 1 aromatic rings. The van der Waals surface area contributed by atoms with E-state index in [-0.39, 0.29) is 18.9 Å². The monoisotopic (exact) mass is 403 g/mol. The van der Waals surface area contributed by atoms with Crippen molar-refractivity contribution < 1.29 is 17.6 Å². The highest BCUT2D eigenvalue weighted by Gasteiger charge is 2.38. The maximum Gasteiger partial charge on any atom is 0.237 e. The molecule has 0 spiro atoms. The molecule has 4 nitrogen and oxygen atoms in total. The number of halogens is 3. The quantitative estimate of drug-likeness (QED) is 0.561. The van der Waals surface area contributed by atoms with Crippen molar-refractivity contribution in [1.82, 2.24) is 0 Å². The van der Waals surface area contributed by atoms with E-state index in [0.717, 1.165) is 0 Å². The number of nitrogens with zero attached hydrogens (tertiary/aromatic N) is 1. The Bertz CT molecular complexity index is 607. The van der Waals surface area contributed by atoms with Crippen molar-refractivity contribution in [3.8, 4) is 0 Å². The molecule has 0 bridgehead atoms. The van der Waals surface area contributed by atoms with E-state index >= 15 is 0 Å². The second-order valence-electron chi connectivity index (χ2n) is 3.90. The van der Waals surface area contributed by atoms with Gasteiger partial charge >= 0.3 is 0 Å². The highest BCUT2D eigenvalue weighted by Crippen LogP contribution is 2.30. The van der Waals surface area contributed by atoms with Crippen LogP contribution in [-0.2, 0) is 13.8 Å². The van der Waals surface area contributed by atoms with Gasteiger partial charge in [0.05, 0.1) is 5.69 Å². The summed E-state index contributed by atoms with van der Waals surface area (Å²) in [6, 6.07) is 3.97. The van der Waals surface area contributed by atoms with E-state index in [4.69, 9.17) is 10.7 Å². The third kappa shape index (κ3) is 2.77. The summed E-state index contributed by atoms with van der Waals surface area (Å²) < 4.78 is 36.0. The van der Waals surface area contributed by atoms with Crippen molar-refractivity contribution in [2.75, 3.05) is 11.4 Å². The second kappa shape index (κ2) is 4.93. The van der Waals surface area contributed by atoms with Crippen LogP contribution in [0.2, 0.25) is 0 Å². The van der Waals surface area contributed by atoms with Gasteiger partial charge in [0.25, 0.3) is 0 Å². The van der Waals surface area contributed by atoms with Gasteiger partial charge in [0.15, 0.2) is 0 Å². The number of rotatable bonds is 2. The molecule has 0 aromatic heterocycles. The Morgan fingerprint density at radius 1 is 1.44 bits per heavy atom. The minimum Gasteiger partial charge on any atom is -0.310 e. The molecule has 8 heteroatoms. The Morgan fingerprint density at radius 2 is 2.11 bits per heavy atom. The third-order valence-corrected chi connectivity index (χ3v) is 5.42. The molecule has 2 rings (SSSR count). The van der Waals surface area contributed by atoms with Gasteiger partial charge in [-0.15, -0.1) is 0 Å². The highest BCUT2D eigenvalue weighted by molar-refractivity contribution is 14.1. The average molecular weight is 404 g/mol. The largest absolute Gasteiger partial charge is 0.310 e. The molecule has 1 aliphatic heterocycles. The molecular formula is C10H8ClFINO3S. The minimum absolute atomic E-state index is 0.00625. The maximum atomic E-state index is 13.0. The fraction of sp³-hybridized carbons (Fsp3) is 0.300. The second-order valence-corrected chi connectivity index (χ2v) is 7.97. The van der Waals surface area contributed by atoms with Crippen LogP contribution in [0.15, 0.2) is 18.2 Å². The first-order chi connectivity index (χ1) is 8.29. The van der Waals surface area contributed by atoms with E-state index in [1.165, 1.54) is 23.1 Å². The van der Waals surface area contributed by atoms with E-state index in [1.807, 2.05) is 22.6 Å². The molecule has 1 aromatic carbocycles. The zero-order valence-corrected chi connectivity index (χ0v) is 12.7. The Balaban J connectivity index is 2.33. The number of amides is 1. The van der Waals surface area contributed by atoms with Crippen LogP contribution in [-0.4, -0.2) is 26.1 Å². The maximum absolute atomic E-state index is 13.0. The molecule has 0 radical (unpaired) electrons. The molecule has 1 heterocycles. The third-order valence-electron chi connectivity index (χ3n) is 2.69. The van der Waals surface area contributed by atoms with Crippen LogP contribution in [0.5, 0.6) is 0 Å². The van der Waals surface area contributed by atoms with Crippen LogP contribution in [0.25, 0.3) is 0 Å². The van der Waals surface area contributed by atoms with Gasteiger partial charge < -0.3 is 4.90 Å². The molecule has 1 amide bonds.